The third kappa shape index (κ3) is 3.23. The van der Waals surface area contributed by atoms with E-state index in [1.807, 2.05) is 19.1 Å². The van der Waals surface area contributed by atoms with Crippen molar-refractivity contribution in [3.8, 4) is 16.9 Å². The fourth-order valence-corrected chi connectivity index (χ4v) is 4.13. The van der Waals surface area contributed by atoms with Crippen LogP contribution in [0.25, 0.3) is 27.8 Å². The Morgan fingerprint density at radius 1 is 0.933 bits per heavy atom. The summed E-state index contributed by atoms with van der Waals surface area (Å²) < 4.78 is 16.3. The molecule has 30 heavy (non-hydrogen) atoms. The van der Waals surface area contributed by atoms with E-state index in [1.54, 1.807) is 23.1 Å². The van der Waals surface area contributed by atoms with Gasteiger partial charge in [-0.25, -0.2) is 9.07 Å². The highest BCUT2D eigenvalue weighted by atomic mass is 19.1. The number of aromatic nitrogens is 3. The number of anilines is 1. The fourth-order valence-electron chi connectivity index (χ4n) is 4.13. The van der Waals surface area contributed by atoms with Crippen molar-refractivity contribution < 1.29 is 4.39 Å². The molecule has 6 heteroatoms. The van der Waals surface area contributed by atoms with Gasteiger partial charge < -0.3 is 9.80 Å². The van der Waals surface area contributed by atoms with Gasteiger partial charge in [0.05, 0.1) is 11.7 Å². The maximum absolute atomic E-state index is 14.7. The predicted octanol–water partition coefficient (Wildman–Crippen LogP) is 4.29. The summed E-state index contributed by atoms with van der Waals surface area (Å²) in [6, 6.07) is 15.5. The van der Waals surface area contributed by atoms with E-state index in [0.29, 0.717) is 5.69 Å². The van der Waals surface area contributed by atoms with Gasteiger partial charge in [0, 0.05) is 49.0 Å². The third-order valence-electron chi connectivity index (χ3n) is 5.89. The van der Waals surface area contributed by atoms with E-state index >= 15 is 0 Å². The lowest BCUT2D eigenvalue weighted by Crippen LogP contribution is -2.44. The van der Waals surface area contributed by atoms with Gasteiger partial charge in [-0.05, 0) is 43.8 Å². The molecule has 0 unspecified atom stereocenters. The monoisotopic (exact) mass is 401 g/mol. The Kier molecular flexibility index (Phi) is 4.71. The summed E-state index contributed by atoms with van der Waals surface area (Å²) in [7, 11) is 2.16. The Hall–Kier alpha value is -3.25. The van der Waals surface area contributed by atoms with Crippen molar-refractivity contribution in [2.24, 2.45) is 0 Å². The molecular weight excluding hydrogens is 377 g/mol. The molecule has 0 N–H and O–H groups in total. The Balaban J connectivity index is 1.57. The molecule has 5 rings (SSSR count). The molecule has 0 amide bonds. The highest BCUT2D eigenvalue weighted by molar-refractivity contribution is 5.94. The van der Waals surface area contributed by atoms with E-state index in [2.05, 4.69) is 46.1 Å². The Morgan fingerprint density at radius 3 is 2.43 bits per heavy atom. The molecule has 1 aliphatic heterocycles. The van der Waals surface area contributed by atoms with Gasteiger partial charge in [0.15, 0.2) is 0 Å². The number of fused-ring (bicyclic) bond motifs is 1. The number of nitrogens with zero attached hydrogens (tertiary/aromatic N) is 5. The lowest BCUT2D eigenvalue weighted by molar-refractivity contribution is 0.313. The lowest BCUT2D eigenvalue weighted by Gasteiger charge is -2.34. The standard InChI is InChI=1S/C24H24FN5/c1-17-4-3-5-21(25)24(17)30-22-16-26-11-10-20(22)23(27-30)18-6-8-19(9-7-18)29-14-12-28(2)13-15-29/h3-11,16H,12-15H2,1-2H3. The van der Waals surface area contributed by atoms with Crippen LogP contribution in [-0.4, -0.2) is 52.9 Å². The highest BCUT2D eigenvalue weighted by Crippen LogP contribution is 2.32. The topological polar surface area (TPSA) is 37.2 Å². The zero-order chi connectivity index (χ0) is 20.7. The smallest absolute Gasteiger partial charge is 0.149 e. The minimum absolute atomic E-state index is 0.291. The van der Waals surface area contributed by atoms with E-state index in [0.717, 1.165) is 53.9 Å². The van der Waals surface area contributed by atoms with E-state index in [9.17, 15) is 4.39 Å². The Labute approximate surface area is 175 Å². The second-order valence-corrected chi connectivity index (χ2v) is 7.90. The molecule has 3 heterocycles. The van der Waals surface area contributed by atoms with Gasteiger partial charge in [0.1, 0.15) is 17.2 Å². The second kappa shape index (κ2) is 7.54. The summed E-state index contributed by atoms with van der Waals surface area (Å²) in [5, 5.41) is 5.78. The van der Waals surface area contributed by atoms with E-state index < -0.39 is 0 Å². The minimum Gasteiger partial charge on any atom is -0.369 e. The molecule has 1 saturated heterocycles. The summed E-state index contributed by atoms with van der Waals surface area (Å²) in [5.41, 5.74) is 5.17. The van der Waals surface area contributed by atoms with Gasteiger partial charge in [-0.2, -0.15) is 5.10 Å². The molecular formula is C24H24FN5. The third-order valence-corrected chi connectivity index (χ3v) is 5.89. The molecule has 0 bridgehead atoms. The SMILES string of the molecule is Cc1cccc(F)c1-n1nc(-c2ccc(N3CCN(C)CC3)cc2)c2ccncc21. The first-order valence-corrected chi connectivity index (χ1v) is 10.2. The summed E-state index contributed by atoms with van der Waals surface area (Å²) >= 11 is 0. The zero-order valence-corrected chi connectivity index (χ0v) is 17.2. The van der Waals surface area contributed by atoms with Crippen LogP contribution < -0.4 is 4.90 Å². The van der Waals surface area contributed by atoms with Crippen LogP contribution in [0.2, 0.25) is 0 Å². The van der Waals surface area contributed by atoms with Gasteiger partial charge in [-0.15, -0.1) is 0 Å². The number of para-hydroxylation sites is 1. The van der Waals surface area contributed by atoms with Gasteiger partial charge in [0.25, 0.3) is 0 Å². The van der Waals surface area contributed by atoms with Crippen molar-refractivity contribution >= 4 is 16.6 Å². The van der Waals surface area contributed by atoms with Crippen LogP contribution in [0.15, 0.2) is 60.9 Å². The lowest BCUT2D eigenvalue weighted by atomic mass is 10.1. The number of halogens is 1. The average Bonchev–Trinajstić information content (AvgIpc) is 3.14. The number of benzene rings is 2. The molecule has 0 atom stereocenters. The molecule has 0 aliphatic carbocycles. The van der Waals surface area contributed by atoms with Crippen LogP contribution in [0.4, 0.5) is 10.1 Å². The average molecular weight is 401 g/mol. The fraction of sp³-hybridized carbons (Fsp3) is 0.250. The molecule has 2 aromatic carbocycles. The maximum atomic E-state index is 14.7. The van der Waals surface area contributed by atoms with Gasteiger partial charge >= 0.3 is 0 Å². The number of likely N-dealkylation sites (N-methyl/N-ethyl adjacent to an activating group) is 1. The van der Waals surface area contributed by atoms with Crippen molar-refractivity contribution in [3.05, 3.63) is 72.3 Å². The quantitative estimate of drug-likeness (QED) is 0.513. The highest BCUT2D eigenvalue weighted by Gasteiger charge is 2.18. The number of piperazine rings is 1. The van der Waals surface area contributed by atoms with Crippen molar-refractivity contribution in [2.45, 2.75) is 6.92 Å². The summed E-state index contributed by atoms with van der Waals surface area (Å²) in [4.78, 5) is 9.01. The molecule has 0 radical (unpaired) electrons. The first-order valence-electron chi connectivity index (χ1n) is 10.2. The van der Waals surface area contributed by atoms with E-state index in [1.165, 1.54) is 11.8 Å². The van der Waals surface area contributed by atoms with Gasteiger partial charge in [-0.3, -0.25) is 4.98 Å². The molecule has 5 nitrogen and oxygen atoms in total. The summed E-state index contributed by atoms with van der Waals surface area (Å²) in [6.07, 6.45) is 3.50. The van der Waals surface area contributed by atoms with Crippen LogP contribution in [-0.2, 0) is 0 Å². The van der Waals surface area contributed by atoms with E-state index in [4.69, 9.17) is 5.10 Å². The molecule has 1 aliphatic rings. The predicted molar refractivity (Wildman–Crippen MR) is 119 cm³/mol. The number of hydrogen-bond donors (Lipinski definition) is 0. The van der Waals surface area contributed by atoms with Crippen molar-refractivity contribution in [3.63, 3.8) is 0 Å². The summed E-state index contributed by atoms with van der Waals surface area (Å²) in [6.45, 7) is 6.11. The normalized spacial score (nSPS) is 15.1. The molecule has 4 aromatic rings. The Morgan fingerprint density at radius 2 is 1.70 bits per heavy atom. The van der Waals surface area contributed by atoms with Gasteiger partial charge in [-0.1, -0.05) is 24.3 Å². The number of hydrogen-bond acceptors (Lipinski definition) is 4. The van der Waals surface area contributed by atoms with Crippen LogP contribution in [0.3, 0.4) is 0 Å². The number of rotatable bonds is 3. The van der Waals surface area contributed by atoms with E-state index in [-0.39, 0.29) is 5.82 Å². The number of pyridine rings is 1. The minimum atomic E-state index is -0.291. The second-order valence-electron chi connectivity index (χ2n) is 7.90. The first kappa shape index (κ1) is 18.8. The van der Waals surface area contributed by atoms with Gasteiger partial charge in [0.2, 0.25) is 0 Å². The molecule has 2 aromatic heterocycles. The molecule has 152 valence electrons. The van der Waals surface area contributed by atoms with Crippen LogP contribution in [0.1, 0.15) is 5.56 Å². The molecule has 0 spiro atoms. The van der Waals surface area contributed by atoms with Crippen LogP contribution in [0, 0.1) is 12.7 Å². The van der Waals surface area contributed by atoms with Crippen molar-refractivity contribution in [1.29, 1.82) is 0 Å². The molecule has 0 saturated carbocycles. The molecule has 1 fully saturated rings. The first-order chi connectivity index (χ1) is 14.6. The van der Waals surface area contributed by atoms with Crippen LogP contribution >= 0.6 is 0 Å². The number of aryl methyl sites for hydroxylation is 1. The van der Waals surface area contributed by atoms with Crippen molar-refractivity contribution in [1.82, 2.24) is 19.7 Å². The largest absolute Gasteiger partial charge is 0.369 e. The van der Waals surface area contributed by atoms with Crippen LogP contribution in [0.5, 0.6) is 0 Å². The maximum Gasteiger partial charge on any atom is 0.149 e. The zero-order valence-electron chi connectivity index (χ0n) is 17.2. The summed E-state index contributed by atoms with van der Waals surface area (Å²) in [5.74, 6) is -0.291. The van der Waals surface area contributed by atoms with Crippen molar-refractivity contribution in [2.75, 3.05) is 38.1 Å². The Bertz CT molecular complexity index is 1170.